The molecule has 0 saturated carbocycles. The molecule has 2 rings (SSSR count). The van der Waals surface area contributed by atoms with Crippen LogP contribution in [0.5, 0.6) is 0 Å². The van der Waals surface area contributed by atoms with E-state index >= 15 is 0 Å². The highest BCUT2D eigenvalue weighted by Crippen LogP contribution is 2.16. The highest BCUT2D eigenvalue weighted by Gasteiger charge is 2.14. The van der Waals surface area contributed by atoms with Gasteiger partial charge in [0.1, 0.15) is 0 Å². The first-order chi connectivity index (χ1) is 7.70. The van der Waals surface area contributed by atoms with Crippen molar-refractivity contribution < 1.29 is 13.6 Å². The lowest BCUT2D eigenvalue weighted by Crippen LogP contribution is -2.03. The Bertz CT molecular complexity index is 533. The van der Waals surface area contributed by atoms with Crippen LogP contribution in [0.1, 0.15) is 15.9 Å². The SMILES string of the molecule is O=C(c1ccccc1)c1c[nH]cc1S(=O)[O-]. The average Bonchev–Trinajstić information content (AvgIpc) is 2.78. The van der Waals surface area contributed by atoms with Crippen LogP contribution in [0.4, 0.5) is 0 Å². The summed E-state index contributed by atoms with van der Waals surface area (Å²) in [5, 5.41) is 0. The molecule has 0 spiro atoms. The Morgan fingerprint density at radius 3 is 2.50 bits per heavy atom. The van der Waals surface area contributed by atoms with E-state index in [1.807, 2.05) is 0 Å². The number of rotatable bonds is 3. The third kappa shape index (κ3) is 1.95. The van der Waals surface area contributed by atoms with Gasteiger partial charge in [-0.25, -0.2) is 0 Å². The predicted octanol–water partition coefficient (Wildman–Crippen LogP) is 1.48. The highest BCUT2D eigenvalue weighted by atomic mass is 32.2. The second-order valence-corrected chi connectivity index (χ2v) is 4.07. The van der Waals surface area contributed by atoms with Crippen LogP contribution in [0.25, 0.3) is 0 Å². The summed E-state index contributed by atoms with van der Waals surface area (Å²) in [7, 11) is 0. The summed E-state index contributed by atoms with van der Waals surface area (Å²) in [6.45, 7) is 0. The Hall–Kier alpha value is -1.72. The first kappa shape index (κ1) is 10.8. The molecule has 0 aliphatic rings. The molecule has 5 heteroatoms. The summed E-state index contributed by atoms with van der Waals surface area (Å²) < 4.78 is 21.7. The maximum Gasteiger partial charge on any atom is 0.195 e. The molecule has 0 amide bonds. The molecule has 82 valence electrons. The van der Waals surface area contributed by atoms with Crippen molar-refractivity contribution in [3.05, 3.63) is 53.9 Å². The Labute approximate surface area is 94.6 Å². The van der Waals surface area contributed by atoms with Gasteiger partial charge in [0.25, 0.3) is 0 Å². The fourth-order valence-electron chi connectivity index (χ4n) is 1.41. The summed E-state index contributed by atoms with van der Waals surface area (Å²) in [6.07, 6.45) is 2.68. The molecule has 0 aliphatic heterocycles. The lowest BCUT2D eigenvalue weighted by Gasteiger charge is -2.05. The molecule has 4 nitrogen and oxygen atoms in total. The topological polar surface area (TPSA) is 73.0 Å². The summed E-state index contributed by atoms with van der Waals surface area (Å²) in [6, 6.07) is 8.54. The first-order valence-electron chi connectivity index (χ1n) is 4.56. The number of aromatic amines is 1. The van der Waals surface area contributed by atoms with Crippen LogP contribution in [-0.4, -0.2) is 19.5 Å². The number of hydrogen-bond donors (Lipinski definition) is 1. The smallest absolute Gasteiger partial charge is 0.195 e. The molecule has 1 aromatic carbocycles. The van der Waals surface area contributed by atoms with E-state index in [9.17, 15) is 13.6 Å². The number of ketones is 1. The van der Waals surface area contributed by atoms with Gasteiger partial charge in [-0.05, 0) is 11.1 Å². The summed E-state index contributed by atoms with van der Waals surface area (Å²) in [4.78, 5) is 14.6. The monoisotopic (exact) mass is 234 g/mol. The van der Waals surface area contributed by atoms with Gasteiger partial charge in [0, 0.05) is 18.0 Å². The molecule has 1 heterocycles. The van der Waals surface area contributed by atoms with Crippen molar-refractivity contribution in [2.24, 2.45) is 0 Å². The van der Waals surface area contributed by atoms with Crippen LogP contribution >= 0.6 is 0 Å². The molecular formula is C11H8NO3S-. The van der Waals surface area contributed by atoms with Crippen molar-refractivity contribution >= 4 is 16.9 Å². The van der Waals surface area contributed by atoms with Gasteiger partial charge in [-0.1, -0.05) is 30.3 Å². The standard InChI is InChI=1S/C11H9NO3S/c13-11(8-4-2-1-3-5-8)9-6-12-7-10(9)16(14)15/h1-7,12H,(H,14,15)/p-1. The minimum Gasteiger partial charge on any atom is -0.768 e. The van der Waals surface area contributed by atoms with Gasteiger partial charge in [-0.15, -0.1) is 0 Å². The van der Waals surface area contributed by atoms with Gasteiger partial charge >= 0.3 is 0 Å². The van der Waals surface area contributed by atoms with Crippen LogP contribution in [0.2, 0.25) is 0 Å². The zero-order valence-corrected chi connectivity index (χ0v) is 8.99. The summed E-state index contributed by atoms with van der Waals surface area (Å²) >= 11 is -2.41. The lowest BCUT2D eigenvalue weighted by atomic mass is 10.1. The molecule has 1 atom stereocenters. The molecule has 1 N–H and O–H groups in total. The largest absolute Gasteiger partial charge is 0.768 e. The fourth-order valence-corrected chi connectivity index (χ4v) is 1.91. The van der Waals surface area contributed by atoms with E-state index in [4.69, 9.17) is 0 Å². The summed E-state index contributed by atoms with van der Waals surface area (Å²) in [5.74, 6) is -0.305. The number of carbonyl (C=O) groups excluding carboxylic acids is 1. The van der Waals surface area contributed by atoms with Gasteiger partial charge in [0.05, 0.1) is 10.5 Å². The molecule has 0 aliphatic carbocycles. The van der Waals surface area contributed by atoms with E-state index in [1.165, 1.54) is 12.4 Å². The van der Waals surface area contributed by atoms with Gasteiger partial charge in [-0.2, -0.15) is 0 Å². The van der Waals surface area contributed by atoms with Crippen molar-refractivity contribution in [2.75, 3.05) is 0 Å². The number of benzene rings is 1. The van der Waals surface area contributed by atoms with Crippen molar-refractivity contribution in [3.8, 4) is 0 Å². The molecule has 0 saturated heterocycles. The minimum atomic E-state index is -2.41. The van der Waals surface area contributed by atoms with E-state index < -0.39 is 11.1 Å². The van der Waals surface area contributed by atoms with Crippen LogP contribution in [0, 0.1) is 0 Å². The number of carbonyl (C=O) groups is 1. The fraction of sp³-hybridized carbons (Fsp3) is 0. The van der Waals surface area contributed by atoms with Gasteiger partial charge in [0.2, 0.25) is 0 Å². The molecule has 2 aromatic rings. The number of nitrogens with one attached hydrogen (secondary N) is 1. The van der Waals surface area contributed by atoms with E-state index in [2.05, 4.69) is 4.98 Å². The molecular weight excluding hydrogens is 226 g/mol. The van der Waals surface area contributed by atoms with Crippen LogP contribution in [0.3, 0.4) is 0 Å². The molecule has 1 unspecified atom stereocenters. The predicted molar refractivity (Wildman–Crippen MR) is 57.9 cm³/mol. The third-order valence-electron chi connectivity index (χ3n) is 2.17. The number of aromatic nitrogens is 1. The Morgan fingerprint density at radius 2 is 1.88 bits per heavy atom. The number of hydrogen-bond acceptors (Lipinski definition) is 3. The van der Waals surface area contributed by atoms with E-state index in [1.54, 1.807) is 30.3 Å². The Morgan fingerprint density at radius 1 is 1.19 bits per heavy atom. The second kappa shape index (κ2) is 4.42. The van der Waals surface area contributed by atoms with Gasteiger partial charge < -0.3 is 9.54 Å². The van der Waals surface area contributed by atoms with Crippen molar-refractivity contribution in [1.29, 1.82) is 0 Å². The quantitative estimate of drug-likeness (QED) is 0.645. The minimum absolute atomic E-state index is 0.00569. The zero-order valence-electron chi connectivity index (χ0n) is 8.17. The normalized spacial score (nSPS) is 12.3. The van der Waals surface area contributed by atoms with Crippen LogP contribution < -0.4 is 0 Å². The van der Waals surface area contributed by atoms with Crippen molar-refractivity contribution in [1.82, 2.24) is 4.98 Å². The van der Waals surface area contributed by atoms with Crippen LogP contribution in [-0.2, 0) is 11.1 Å². The highest BCUT2D eigenvalue weighted by molar-refractivity contribution is 7.79. The van der Waals surface area contributed by atoms with E-state index in [-0.39, 0.29) is 16.2 Å². The third-order valence-corrected chi connectivity index (χ3v) is 2.86. The van der Waals surface area contributed by atoms with Crippen LogP contribution in [0.15, 0.2) is 47.6 Å². The molecule has 1 aromatic heterocycles. The van der Waals surface area contributed by atoms with Crippen molar-refractivity contribution in [2.45, 2.75) is 4.90 Å². The second-order valence-electron chi connectivity index (χ2n) is 3.16. The average molecular weight is 234 g/mol. The maximum atomic E-state index is 11.9. The molecule has 16 heavy (non-hydrogen) atoms. The Kier molecular flexibility index (Phi) is 2.98. The maximum absolute atomic E-state index is 11.9. The van der Waals surface area contributed by atoms with Gasteiger partial charge in [0.15, 0.2) is 5.78 Å². The number of H-pyrrole nitrogens is 1. The molecule has 0 bridgehead atoms. The lowest BCUT2D eigenvalue weighted by molar-refractivity contribution is 0.103. The molecule has 0 fully saturated rings. The Balaban J connectivity index is 2.42. The van der Waals surface area contributed by atoms with Gasteiger partial charge in [-0.3, -0.25) is 9.00 Å². The first-order valence-corrected chi connectivity index (χ1v) is 5.63. The van der Waals surface area contributed by atoms with E-state index in [0.29, 0.717) is 5.56 Å². The summed E-state index contributed by atoms with van der Waals surface area (Å²) in [5.41, 5.74) is 0.633. The zero-order chi connectivity index (χ0) is 11.5. The van der Waals surface area contributed by atoms with Crippen molar-refractivity contribution in [3.63, 3.8) is 0 Å². The molecule has 0 radical (unpaired) electrons. The van der Waals surface area contributed by atoms with E-state index in [0.717, 1.165) is 0 Å².